The minimum atomic E-state index is -4.92. The van der Waals surface area contributed by atoms with Gasteiger partial charge in [0.15, 0.2) is 0 Å². The summed E-state index contributed by atoms with van der Waals surface area (Å²) in [5.41, 5.74) is 0. The highest BCUT2D eigenvalue weighted by Crippen LogP contribution is 2.09. The van der Waals surface area contributed by atoms with Gasteiger partial charge in [0.1, 0.15) is 0 Å². The Kier molecular flexibility index (Phi) is 1.98. The van der Waals surface area contributed by atoms with Crippen LogP contribution in [0.1, 0.15) is 141 Å². The molecule has 0 aromatic heterocycles. The minimum absolute atomic E-state index is 2.56. The second-order valence-electron chi connectivity index (χ2n) is 2.31. The molecule has 2 heteroatoms. The molecule has 118 valence electrons. The topological polar surface area (TPSA) is 37.3 Å². The van der Waals surface area contributed by atoms with E-state index in [1.165, 1.54) is 0 Å². The molecule has 1 N–H and O–H groups in total. The summed E-state index contributed by atoms with van der Waals surface area (Å²) in [7, 11) is 0. The van der Waals surface area contributed by atoms with Gasteiger partial charge in [-0.2, -0.15) is 0 Å². The van der Waals surface area contributed by atoms with Crippen LogP contribution >= 0.6 is 0 Å². The summed E-state index contributed by atoms with van der Waals surface area (Å²) in [5.74, 6) is -2.75. The van der Waals surface area contributed by atoms with Crippen molar-refractivity contribution in [3.05, 3.63) is 12.1 Å². The van der Waals surface area contributed by atoms with Crippen LogP contribution in [-0.4, -0.2) is 11.1 Å². The largest absolute Gasteiger partial charge is 0.481 e. The van der Waals surface area contributed by atoms with Gasteiger partial charge in [0.25, 0.3) is 0 Å². The van der Waals surface area contributed by atoms with Crippen molar-refractivity contribution < 1.29 is 55.1 Å². The number of rotatable bonds is 15. The van der Waals surface area contributed by atoms with Crippen molar-refractivity contribution in [2.24, 2.45) is 0 Å². The van der Waals surface area contributed by atoms with Crippen molar-refractivity contribution in [3.8, 4) is 0 Å². The third-order valence-corrected chi connectivity index (χ3v) is 1.04. The first-order valence-electron chi connectivity index (χ1n) is 21.2. The molecule has 0 heterocycles. The number of carboxylic acid groups (broad SMARTS) is 1. The van der Waals surface area contributed by atoms with Crippen molar-refractivity contribution in [1.82, 2.24) is 0 Å². The third-order valence-electron chi connectivity index (χ3n) is 1.04. The molecule has 2 nitrogen and oxygen atoms in total. The number of allylic oxidation sites excluding steroid dienone is 2. The van der Waals surface area contributed by atoms with Gasteiger partial charge in [-0.05, 0) is 31.9 Å². The minimum Gasteiger partial charge on any atom is -0.481 e. The van der Waals surface area contributed by atoms with Crippen molar-refractivity contribution in [3.63, 3.8) is 0 Å². The molecular weight excluding hydrogens is 248 g/mol. The lowest BCUT2D eigenvalue weighted by Crippen LogP contribution is -1.93. The molecule has 0 aliphatic heterocycles. The lowest BCUT2D eigenvalue weighted by Gasteiger charge is -1.99. The lowest BCUT2D eigenvalue weighted by molar-refractivity contribution is -0.137. The number of carbonyl (C=O) groups is 1. The van der Waals surface area contributed by atoms with Crippen LogP contribution in [0.25, 0.3) is 0 Å². The Morgan fingerprint density at radius 3 is 2.00 bits per heavy atom. The molecule has 0 aromatic rings. The van der Waals surface area contributed by atoms with E-state index in [0.29, 0.717) is 0 Å². The van der Waals surface area contributed by atoms with Crippen LogP contribution in [0.15, 0.2) is 12.1 Å². The lowest BCUT2D eigenvalue weighted by atomic mass is 10.1. The van der Waals surface area contributed by atoms with Gasteiger partial charge >= 0.3 is 5.97 Å². The van der Waals surface area contributed by atoms with Crippen LogP contribution in [0, 0.1) is 0 Å². The van der Waals surface area contributed by atoms with E-state index in [2.05, 4.69) is 0 Å². The SMILES string of the molecule is [2H]/C(=C(\[2H])C([2H])([2H])C([2H])([2H])C([2H])([2H])C([2H])([2H])C([2H])([2H])C([2H])([2H])C([2H])([2H])C([2H])([2H])[2H])C([2H])([2H])C([2H])([2H])C([2H])([2H])C([2H])([2H])C([2H])([2H])C([2H])([2H])C([2H])([2H])C(=O)O. The van der Waals surface area contributed by atoms with E-state index in [9.17, 15) is 4.79 Å². The molecule has 0 amide bonds. The van der Waals surface area contributed by atoms with Gasteiger partial charge in [-0.1, -0.05) is 69.9 Å². The van der Waals surface area contributed by atoms with Crippen molar-refractivity contribution in [2.45, 2.75) is 96.1 Å². The highest BCUT2D eigenvalue weighted by Gasteiger charge is 1.95. The third kappa shape index (κ3) is 17.2. The van der Waals surface area contributed by atoms with E-state index in [1.54, 1.807) is 0 Å². The first-order valence-corrected chi connectivity index (χ1v) is 4.68. The monoisotopic (exact) mass is 315 g/mol. The van der Waals surface area contributed by atoms with Crippen LogP contribution in [0.5, 0.6) is 0 Å². The standard InChI is InChI=1S/C18H34O2/c1-2-3-4-5-6-7-8-9-10-11-12-13-14-15-16-17-18(19)20/h9-10H,2-8,11-17H2,1H3,(H,19,20)/b10-9-/i1D3,2D2,3D2,4D2,5D2,6D2,7D2,8D2,9D,10D,11D2,12D2,13D2,14D2,15D2,16D2,17D2. The number of hydrogen-bond acceptors (Lipinski definition) is 1. The Balaban J connectivity index is 7.71. The smallest absolute Gasteiger partial charge is 0.303 e. The van der Waals surface area contributed by atoms with Gasteiger partial charge < -0.3 is 5.11 Å². The highest BCUT2D eigenvalue weighted by molar-refractivity contribution is 5.66. The maximum absolute atomic E-state index is 11.3. The Morgan fingerprint density at radius 2 is 1.45 bits per heavy atom. The summed E-state index contributed by atoms with van der Waals surface area (Å²) in [5, 5.41) is 9.05. The Hall–Kier alpha value is -0.790. The normalized spacial score (nSPS) is 47.3. The predicted molar refractivity (Wildman–Crippen MR) is 87.1 cm³/mol. The highest BCUT2D eigenvalue weighted by atomic mass is 16.4. The molecule has 0 aromatic carbocycles. The molecule has 0 bridgehead atoms. The fourth-order valence-corrected chi connectivity index (χ4v) is 0.491. The Labute approximate surface area is 172 Å². The molecule has 0 fully saturated rings. The molecular formula is C18H34O2. The van der Waals surface area contributed by atoms with E-state index in [4.69, 9.17) is 50.3 Å². The summed E-state index contributed by atoms with van der Waals surface area (Å²) in [6.07, 6.45) is -66.4. The van der Waals surface area contributed by atoms with E-state index < -0.39 is 114 Å². The van der Waals surface area contributed by atoms with Crippen LogP contribution in [0.2, 0.25) is 0 Å². The summed E-state index contributed by atoms with van der Waals surface area (Å²) < 4.78 is 260. The number of hydrogen-bond donors (Lipinski definition) is 1. The molecule has 0 aliphatic carbocycles. The maximum Gasteiger partial charge on any atom is 0.303 e. The molecule has 0 rings (SSSR count). The van der Waals surface area contributed by atoms with E-state index in [-0.39, 0.29) is 0 Å². The Morgan fingerprint density at radius 1 is 0.950 bits per heavy atom. The quantitative estimate of drug-likeness (QED) is 0.370. The molecule has 0 unspecified atom stereocenters. The second kappa shape index (κ2) is 16.3. The zero-order valence-electron chi connectivity index (χ0n) is 42.9. The van der Waals surface area contributed by atoms with Crippen LogP contribution in [0.3, 0.4) is 0 Å². The second-order valence-corrected chi connectivity index (χ2v) is 2.31. The van der Waals surface area contributed by atoms with Crippen LogP contribution in [-0.2, 0) is 4.79 Å². The van der Waals surface area contributed by atoms with Gasteiger partial charge in [-0.15, -0.1) is 0 Å². The molecule has 0 atom stereocenters. The number of aliphatic carboxylic acids is 1. The van der Waals surface area contributed by atoms with E-state index in [1.807, 2.05) is 0 Å². The fraction of sp³-hybridized carbons (Fsp3) is 0.833. The number of carboxylic acids is 1. The average Bonchev–Trinajstić information content (AvgIpc) is 2.93. The van der Waals surface area contributed by atoms with Gasteiger partial charge in [-0.3, -0.25) is 4.79 Å². The summed E-state index contributed by atoms with van der Waals surface area (Å²) in [4.78, 5) is 11.3. The molecule has 20 heavy (non-hydrogen) atoms. The van der Waals surface area contributed by atoms with E-state index >= 15 is 0 Å². The molecule has 0 saturated heterocycles. The molecule has 0 aliphatic rings. The van der Waals surface area contributed by atoms with Gasteiger partial charge in [0, 0.05) is 48.9 Å². The zero-order valence-corrected chi connectivity index (χ0v) is 9.86. The van der Waals surface area contributed by atoms with Crippen molar-refractivity contribution in [2.75, 3.05) is 0 Å². The molecule has 0 saturated carbocycles. The first kappa shape index (κ1) is 2.43. The van der Waals surface area contributed by atoms with Crippen LogP contribution in [0.4, 0.5) is 0 Å². The fourth-order valence-electron chi connectivity index (χ4n) is 0.491. The van der Waals surface area contributed by atoms with Gasteiger partial charge in [0.05, 0.1) is 2.74 Å². The zero-order chi connectivity index (χ0) is 44.2. The molecule has 0 spiro atoms. The molecule has 0 radical (unpaired) electrons. The summed E-state index contributed by atoms with van der Waals surface area (Å²) in [6.45, 7) is -4.09. The first-order chi connectivity index (χ1) is 22.3. The maximum atomic E-state index is 11.3. The average molecular weight is 316 g/mol. The Bertz CT molecular complexity index is 1430. The summed E-state index contributed by atoms with van der Waals surface area (Å²) >= 11 is 0. The van der Waals surface area contributed by atoms with Crippen molar-refractivity contribution >= 4 is 5.97 Å². The van der Waals surface area contributed by atoms with Gasteiger partial charge in [-0.25, -0.2) is 0 Å². The van der Waals surface area contributed by atoms with Crippen molar-refractivity contribution in [1.29, 1.82) is 0 Å². The van der Waals surface area contributed by atoms with E-state index in [0.717, 1.165) is 0 Å². The predicted octanol–water partition coefficient (Wildman–Crippen LogP) is 6.11. The summed E-state index contributed by atoms with van der Waals surface area (Å²) in [6, 6.07) is -5.12. The van der Waals surface area contributed by atoms with Gasteiger partial charge in [0.2, 0.25) is 0 Å². The van der Waals surface area contributed by atoms with Crippen LogP contribution < -0.4 is 0 Å².